The largest absolute Gasteiger partial charge is 0.479 e. The molecule has 0 saturated carbocycles. The molecule has 3 aromatic rings. The second-order valence-electron chi connectivity index (χ2n) is 6.05. The zero-order valence-electron chi connectivity index (χ0n) is 14.9. The fraction of sp³-hybridized carbons (Fsp3) is 0.150. The van der Waals surface area contributed by atoms with Crippen molar-refractivity contribution in [1.29, 1.82) is 0 Å². The van der Waals surface area contributed by atoms with Crippen LogP contribution in [0.1, 0.15) is 27.4 Å². The van der Waals surface area contributed by atoms with Crippen LogP contribution in [0.4, 0.5) is 11.4 Å². The smallest absolute Gasteiger partial charge is 0.311 e. The molecule has 27 heavy (non-hydrogen) atoms. The van der Waals surface area contributed by atoms with E-state index in [0.29, 0.717) is 11.4 Å². The molecule has 0 spiro atoms. The Labute approximate surface area is 155 Å². The molecule has 0 aliphatic carbocycles. The summed E-state index contributed by atoms with van der Waals surface area (Å²) in [5.74, 6) is 0.292. The minimum absolute atomic E-state index is 0.0262. The van der Waals surface area contributed by atoms with Gasteiger partial charge < -0.3 is 14.5 Å². The van der Waals surface area contributed by atoms with Crippen molar-refractivity contribution >= 4 is 17.3 Å². The average molecular weight is 366 g/mol. The Morgan fingerprint density at radius 2 is 1.93 bits per heavy atom. The molecule has 0 aliphatic rings. The van der Waals surface area contributed by atoms with Gasteiger partial charge in [0.15, 0.2) is 11.5 Å². The number of anilines is 1. The third kappa shape index (κ3) is 4.33. The Hall–Kier alpha value is -3.61. The monoisotopic (exact) mass is 366 g/mol. The van der Waals surface area contributed by atoms with Crippen molar-refractivity contribution < 1.29 is 18.9 Å². The lowest BCUT2D eigenvalue weighted by atomic mass is 10.2. The van der Waals surface area contributed by atoms with Gasteiger partial charge in [0.2, 0.25) is 0 Å². The molecule has 0 bridgehead atoms. The van der Waals surface area contributed by atoms with E-state index in [4.69, 9.17) is 9.15 Å². The minimum Gasteiger partial charge on any atom is -0.479 e. The molecule has 0 radical (unpaired) electrons. The molecule has 2 aromatic carbocycles. The lowest BCUT2D eigenvalue weighted by Crippen LogP contribution is -2.11. The molecule has 0 aliphatic heterocycles. The second kappa shape index (κ2) is 7.74. The molecule has 0 atom stereocenters. The highest BCUT2D eigenvalue weighted by atomic mass is 16.6. The third-order valence-electron chi connectivity index (χ3n) is 3.96. The average Bonchev–Trinajstić information content (AvgIpc) is 3.11. The third-order valence-corrected chi connectivity index (χ3v) is 3.96. The van der Waals surface area contributed by atoms with E-state index in [0.717, 1.165) is 11.1 Å². The first kappa shape index (κ1) is 18.2. The van der Waals surface area contributed by atoms with E-state index in [9.17, 15) is 14.9 Å². The van der Waals surface area contributed by atoms with Crippen LogP contribution in [0.15, 0.2) is 59.0 Å². The second-order valence-corrected chi connectivity index (χ2v) is 6.05. The van der Waals surface area contributed by atoms with Gasteiger partial charge in [-0.1, -0.05) is 24.3 Å². The number of para-hydroxylation sites is 1. The molecule has 0 saturated heterocycles. The van der Waals surface area contributed by atoms with Crippen LogP contribution in [-0.4, -0.2) is 10.8 Å². The summed E-state index contributed by atoms with van der Waals surface area (Å²) in [5.41, 5.74) is 2.29. The van der Waals surface area contributed by atoms with Crippen molar-refractivity contribution in [2.24, 2.45) is 0 Å². The molecule has 0 fully saturated rings. The van der Waals surface area contributed by atoms with Crippen molar-refractivity contribution in [3.05, 3.63) is 87.4 Å². The number of amides is 1. The van der Waals surface area contributed by atoms with Gasteiger partial charge in [-0.3, -0.25) is 14.9 Å². The molecule has 1 N–H and O–H groups in total. The molecule has 1 amide bonds. The first-order chi connectivity index (χ1) is 12.9. The molecule has 1 aromatic heterocycles. The SMILES string of the molecule is Cc1ccc(OCc2ccc(C(=O)Nc3ccccc3C)o2)c([N+](=O)[O-])c1. The van der Waals surface area contributed by atoms with Gasteiger partial charge in [-0.05, 0) is 49.2 Å². The van der Waals surface area contributed by atoms with Gasteiger partial charge in [0.1, 0.15) is 12.4 Å². The maximum absolute atomic E-state index is 12.3. The number of furan rings is 1. The number of aryl methyl sites for hydroxylation is 2. The summed E-state index contributed by atoms with van der Waals surface area (Å²) >= 11 is 0. The number of nitrogens with one attached hydrogen (secondary N) is 1. The van der Waals surface area contributed by atoms with Gasteiger partial charge >= 0.3 is 5.69 Å². The van der Waals surface area contributed by atoms with Crippen LogP contribution in [0.2, 0.25) is 0 Å². The quantitative estimate of drug-likeness (QED) is 0.507. The minimum atomic E-state index is -0.495. The van der Waals surface area contributed by atoms with E-state index in [1.807, 2.05) is 25.1 Å². The first-order valence-electron chi connectivity index (χ1n) is 8.27. The summed E-state index contributed by atoms with van der Waals surface area (Å²) in [5, 5.41) is 13.9. The fourth-order valence-electron chi connectivity index (χ4n) is 2.52. The molecular formula is C20H18N2O5. The number of carbonyl (C=O) groups is 1. The van der Waals surface area contributed by atoms with Crippen LogP contribution in [-0.2, 0) is 6.61 Å². The Morgan fingerprint density at radius 3 is 2.67 bits per heavy atom. The molecule has 0 unspecified atom stereocenters. The first-order valence-corrected chi connectivity index (χ1v) is 8.27. The Morgan fingerprint density at radius 1 is 1.15 bits per heavy atom. The van der Waals surface area contributed by atoms with Gasteiger partial charge in [-0.2, -0.15) is 0 Å². The Bertz CT molecular complexity index is 994. The Kier molecular flexibility index (Phi) is 5.21. The van der Waals surface area contributed by atoms with Crippen LogP contribution >= 0.6 is 0 Å². The predicted molar refractivity (Wildman–Crippen MR) is 100 cm³/mol. The van der Waals surface area contributed by atoms with E-state index < -0.39 is 4.92 Å². The maximum atomic E-state index is 12.3. The van der Waals surface area contributed by atoms with Crippen LogP contribution in [0, 0.1) is 24.0 Å². The summed E-state index contributed by atoms with van der Waals surface area (Å²) in [6, 6.07) is 15.3. The van der Waals surface area contributed by atoms with Gasteiger partial charge in [-0.25, -0.2) is 0 Å². The van der Waals surface area contributed by atoms with Crippen molar-refractivity contribution in [3.63, 3.8) is 0 Å². The lowest BCUT2D eigenvalue weighted by molar-refractivity contribution is -0.386. The highest BCUT2D eigenvalue weighted by Gasteiger charge is 2.17. The number of hydrogen-bond acceptors (Lipinski definition) is 5. The maximum Gasteiger partial charge on any atom is 0.311 e. The van der Waals surface area contributed by atoms with Crippen molar-refractivity contribution in [2.45, 2.75) is 20.5 Å². The van der Waals surface area contributed by atoms with Gasteiger partial charge in [-0.15, -0.1) is 0 Å². The van der Waals surface area contributed by atoms with Crippen molar-refractivity contribution in [3.8, 4) is 5.75 Å². The van der Waals surface area contributed by atoms with E-state index in [-0.39, 0.29) is 29.7 Å². The normalized spacial score (nSPS) is 10.4. The summed E-state index contributed by atoms with van der Waals surface area (Å²) in [4.78, 5) is 22.9. The van der Waals surface area contributed by atoms with E-state index >= 15 is 0 Å². The number of nitro groups is 1. The lowest BCUT2D eigenvalue weighted by Gasteiger charge is -2.07. The molecule has 7 heteroatoms. The molecule has 3 rings (SSSR count). The van der Waals surface area contributed by atoms with Crippen LogP contribution in [0.25, 0.3) is 0 Å². The highest BCUT2D eigenvalue weighted by Crippen LogP contribution is 2.28. The van der Waals surface area contributed by atoms with Gasteiger partial charge in [0.05, 0.1) is 4.92 Å². The van der Waals surface area contributed by atoms with E-state index in [1.54, 1.807) is 31.2 Å². The summed E-state index contributed by atoms with van der Waals surface area (Å²) in [7, 11) is 0. The Balaban J connectivity index is 1.67. The number of hydrogen-bond donors (Lipinski definition) is 1. The summed E-state index contributed by atoms with van der Waals surface area (Å²) < 4.78 is 11.0. The summed E-state index contributed by atoms with van der Waals surface area (Å²) in [6.45, 7) is 3.63. The van der Waals surface area contributed by atoms with Crippen LogP contribution in [0.5, 0.6) is 5.75 Å². The predicted octanol–water partition coefficient (Wildman–Crippen LogP) is 4.64. The molecule has 1 heterocycles. The van der Waals surface area contributed by atoms with Gasteiger partial charge in [0, 0.05) is 11.8 Å². The standard InChI is InChI=1S/C20H18N2O5/c1-13-7-9-18(17(11-13)22(24)25)26-12-15-8-10-19(27-15)20(23)21-16-6-4-3-5-14(16)2/h3-11H,12H2,1-2H3,(H,21,23). The molecular weight excluding hydrogens is 348 g/mol. The number of carbonyl (C=O) groups excluding carboxylic acids is 1. The topological polar surface area (TPSA) is 94.6 Å². The zero-order valence-corrected chi connectivity index (χ0v) is 14.9. The van der Waals surface area contributed by atoms with Crippen molar-refractivity contribution in [2.75, 3.05) is 5.32 Å². The number of nitrogens with zero attached hydrogens (tertiary/aromatic N) is 1. The van der Waals surface area contributed by atoms with Gasteiger partial charge in [0.25, 0.3) is 5.91 Å². The highest BCUT2D eigenvalue weighted by molar-refractivity contribution is 6.02. The van der Waals surface area contributed by atoms with Crippen molar-refractivity contribution in [1.82, 2.24) is 0 Å². The molecule has 7 nitrogen and oxygen atoms in total. The number of rotatable bonds is 6. The number of benzene rings is 2. The number of nitro benzene ring substituents is 1. The fourth-order valence-corrected chi connectivity index (χ4v) is 2.52. The van der Waals surface area contributed by atoms with E-state index in [2.05, 4.69) is 5.32 Å². The summed E-state index contributed by atoms with van der Waals surface area (Å²) in [6.07, 6.45) is 0. The zero-order chi connectivity index (χ0) is 19.4. The number of ether oxygens (including phenoxy) is 1. The van der Waals surface area contributed by atoms with Crippen LogP contribution < -0.4 is 10.1 Å². The van der Waals surface area contributed by atoms with Crippen LogP contribution in [0.3, 0.4) is 0 Å². The molecule has 138 valence electrons. The van der Waals surface area contributed by atoms with E-state index in [1.165, 1.54) is 12.1 Å².